The van der Waals surface area contributed by atoms with Gasteiger partial charge in [-0.1, -0.05) is 30.9 Å². The molecule has 0 unspecified atom stereocenters. The molecule has 1 saturated carbocycles. The lowest BCUT2D eigenvalue weighted by Crippen LogP contribution is -2.47. The van der Waals surface area contributed by atoms with Crippen LogP contribution in [0.15, 0.2) is 24.3 Å². The van der Waals surface area contributed by atoms with Crippen LogP contribution < -0.4 is 10.2 Å². The zero-order chi connectivity index (χ0) is 20.6. The minimum absolute atomic E-state index is 0.250. The summed E-state index contributed by atoms with van der Waals surface area (Å²) in [4.78, 5) is 7.28. The molecule has 0 amide bonds. The Bertz CT molecular complexity index is 793. The summed E-state index contributed by atoms with van der Waals surface area (Å²) in [6.07, 6.45) is 10.7. The van der Waals surface area contributed by atoms with Crippen molar-refractivity contribution in [2.75, 3.05) is 24.6 Å². The molecule has 1 aliphatic heterocycles. The molecule has 158 valence electrons. The lowest BCUT2D eigenvalue weighted by atomic mass is 9.93. The van der Waals surface area contributed by atoms with E-state index in [4.69, 9.17) is 15.5 Å². The van der Waals surface area contributed by atoms with Crippen molar-refractivity contribution in [1.29, 1.82) is 5.41 Å². The van der Waals surface area contributed by atoms with Crippen molar-refractivity contribution in [3.63, 3.8) is 0 Å². The minimum Gasteiger partial charge on any atom is -0.397 e. The quantitative estimate of drug-likeness (QED) is 0.669. The molecule has 1 aromatic carbocycles. The van der Waals surface area contributed by atoms with E-state index < -0.39 is 0 Å². The predicted molar refractivity (Wildman–Crippen MR) is 122 cm³/mol. The molecule has 0 radical (unpaired) electrons. The molecule has 4 rings (SSSR count). The lowest BCUT2D eigenvalue weighted by molar-refractivity contribution is 0.307. The molecule has 1 saturated heterocycles. The number of piperidine rings is 1. The van der Waals surface area contributed by atoms with Crippen molar-refractivity contribution in [2.45, 2.75) is 70.9 Å². The number of nitrogens with one attached hydrogen (secondary N) is 2. The molecule has 2 fully saturated rings. The van der Waals surface area contributed by atoms with Crippen LogP contribution in [0.25, 0.3) is 10.9 Å². The molecule has 5 heteroatoms. The monoisotopic (exact) mass is 396 g/mol. The molecule has 3 N–H and O–H groups in total. The summed E-state index contributed by atoms with van der Waals surface area (Å²) in [6.45, 7) is 6.08. The normalized spacial score (nSPS) is 18.4. The number of hydrogen-bond donors (Lipinski definition) is 3. The Kier molecular flexibility index (Phi) is 8.01. The smallest absolute Gasteiger partial charge is 0.138 e. The van der Waals surface area contributed by atoms with E-state index in [1.807, 2.05) is 0 Å². The second-order valence-electron chi connectivity index (χ2n) is 8.32. The first-order chi connectivity index (χ1) is 14.1. The van der Waals surface area contributed by atoms with Crippen LogP contribution in [0, 0.1) is 12.3 Å². The van der Waals surface area contributed by atoms with Gasteiger partial charge < -0.3 is 20.7 Å². The van der Waals surface area contributed by atoms with E-state index in [0.29, 0.717) is 6.04 Å². The number of fused-ring (bicyclic) bond motifs is 1. The van der Waals surface area contributed by atoms with Crippen molar-refractivity contribution < 1.29 is 5.11 Å². The van der Waals surface area contributed by atoms with Crippen molar-refractivity contribution >= 4 is 22.9 Å². The molecular weight excluding hydrogens is 360 g/mol. The molecule has 1 aliphatic carbocycles. The van der Waals surface area contributed by atoms with Gasteiger partial charge in [0.1, 0.15) is 5.82 Å². The highest BCUT2D eigenvalue weighted by molar-refractivity contribution is 5.93. The number of anilines is 1. The van der Waals surface area contributed by atoms with E-state index in [-0.39, 0.29) is 6.61 Å². The molecule has 0 atom stereocenters. The standard InChI is InChI=1S/C22H30N4.C2H6O/c1-16-7-8-21-17(13-16)14-18(15-23)22(25-21)26-11-9-20(10-12-26)24-19-5-3-2-4-6-19;1-2-3/h7-8,13-15,19-20,23-24H,2-6,9-12H2,1H3;3H,2H2,1H3. The van der Waals surface area contributed by atoms with Gasteiger partial charge in [0.25, 0.3) is 0 Å². The maximum Gasteiger partial charge on any atom is 0.138 e. The Balaban J connectivity index is 0.000000755. The number of hydrogen-bond acceptors (Lipinski definition) is 5. The van der Waals surface area contributed by atoms with Crippen LogP contribution in [0.1, 0.15) is 63.0 Å². The Labute approximate surface area is 175 Å². The van der Waals surface area contributed by atoms with Gasteiger partial charge in [-0.05, 0) is 57.7 Å². The van der Waals surface area contributed by atoms with Gasteiger partial charge >= 0.3 is 0 Å². The van der Waals surface area contributed by atoms with Crippen LogP contribution in [-0.4, -0.2) is 48.1 Å². The van der Waals surface area contributed by atoms with Crippen LogP contribution in [0.5, 0.6) is 0 Å². The number of benzene rings is 1. The first kappa shape index (κ1) is 21.7. The van der Waals surface area contributed by atoms with Crippen LogP contribution in [0.3, 0.4) is 0 Å². The molecule has 2 aromatic rings. The van der Waals surface area contributed by atoms with Gasteiger partial charge in [-0.3, -0.25) is 0 Å². The summed E-state index contributed by atoms with van der Waals surface area (Å²) in [6, 6.07) is 9.85. The van der Waals surface area contributed by atoms with Crippen molar-refractivity contribution in [3.8, 4) is 0 Å². The molecule has 2 heterocycles. The third kappa shape index (κ3) is 5.77. The molecule has 0 bridgehead atoms. The molecule has 0 spiro atoms. The fraction of sp³-hybridized carbons (Fsp3) is 0.583. The van der Waals surface area contributed by atoms with Gasteiger partial charge in [0, 0.05) is 48.9 Å². The van der Waals surface area contributed by atoms with Gasteiger partial charge in [0.15, 0.2) is 0 Å². The van der Waals surface area contributed by atoms with Crippen LogP contribution in [0.2, 0.25) is 0 Å². The Morgan fingerprint density at radius 3 is 2.41 bits per heavy atom. The van der Waals surface area contributed by atoms with Gasteiger partial charge in [0.2, 0.25) is 0 Å². The highest BCUT2D eigenvalue weighted by Gasteiger charge is 2.24. The highest BCUT2D eigenvalue weighted by atomic mass is 16.2. The van der Waals surface area contributed by atoms with Crippen LogP contribution in [0.4, 0.5) is 5.82 Å². The lowest BCUT2D eigenvalue weighted by Gasteiger charge is -2.36. The summed E-state index contributed by atoms with van der Waals surface area (Å²) in [5.74, 6) is 0.979. The minimum atomic E-state index is 0.250. The topological polar surface area (TPSA) is 72.2 Å². The van der Waals surface area contributed by atoms with E-state index in [9.17, 15) is 0 Å². The van der Waals surface area contributed by atoms with E-state index in [2.05, 4.69) is 41.4 Å². The summed E-state index contributed by atoms with van der Waals surface area (Å²) < 4.78 is 0. The van der Waals surface area contributed by atoms with Crippen molar-refractivity contribution in [2.24, 2.45) is 0 Å². The average Bonchev–Trinajstić information content (AvgIpc) is 2.74. The zero-order valence-electron chi connectivity index (χ0n) is 18.0. The van der Waals surface area contributed by atoms with Crippen molar-refractivity contribution in [1.82, 2.24) is 10.3 Å². The number of aliphatic hydroxyl groups excluding tert-OH is 1. The first-order valence-corrected chi connectivity index (χ1v) is 11.2. The third-order valence-electron chi connectivity index (χ3n) is 6.01. The fourth-order valence-corrected chi connectivity index (χ4v) is 4.52. The average molecular weight is 397 g/mol. The number of aliphatic hydroxyl groups is 1. The Hall–Kier alpha value is -1.98. The number of pyridine rings is 1. The predicted octanol–water partition coefficient (Wildman–Crippen LogP) is 4.43. The number of rotatable bonds is 4. The first-order valence-electron chi connectivity index (χ1n) is 11.2. The molecule has 5 nitrogen and oxygen atoms in total. The molecule has 2 aliphatic rings. The van der Waals surface area contributed by atoms with Crippen LogP contribution in [-0.2, 0) is 0 Å². The molecular formula is C24H36N4O. The van der Waals surface area contributed by atoms with Gasteiger partial charge in [-0.15, -0.1) is 0 Å². The second kappa shape index (κ2) is 10.7. The SMILES string of the molecule is CCO.Cc1ccc2nc(N3CCC(NC4CCCCC4)CC3)c(C=N)cc2c1. The maximum absolute atomic E-state index is 7.84. The Morgan fingerprint density at radius 1 is 1.10 bits per heavy atom. The highest BCUT2D eigenvalue weighted by Crippen LogP contribution is 2.27. The van der Waals surface area contributed by atoms with E-state index in [1.165, 1.54) is 56.7 Å². The van der Waals surface area contributed by atoms with Crippen molar-refractivity contribution in [3.05, 3.63) is 35.4 Å². The molecule has 29 heavy (non-hydrogen) atoms. The summed E-state index contributed by atoms with van der Waals surface area (Å²) >= 11 is 0. The number of nitrogens with zero attached hydrogens (tertiary/aromatic N) is 2. The van der Waals surface area contributed by atoms with E-state index in [0.717, 1.165) is 41.4 Å². The van der Waals surface area contributed by atoms with E-state index in [1.54, 1.807) is 6.92 Å². The number of aromatic nitrogens is 1. The maximum atomic E-state index is 7.84. The summed E-state index contributed by atoms with van der Waals surface area (Å²) in [5.41, 5.74) is 3.19. The summed E-state index contributed by atoms with van der Waals surface area (Å²) in [5, 5.41) is 20.4. The fourth-order valence-electron chi connectivity index (χ4n) is 4.52. The summed E-state index contributed by atoms with van der Waals surface area (Å²) in [7, 11) is 0. The van der Waals surface area contributed by atoms with Crippen LogP contribution >= 0.6 is 0 Å². The zero-order valence-corrected chi connectivity index (χ0v) is 18.0. The third-order valence-corrected chi connectivity index (χ3v) is 6.01. The van der Waals surface area contributed by atoms with Gasteiger partial charge in [-0.25, -0.2) is 4.98 Å². The van der Waals surface area contributed by atoms with Gasteiger partial charge in [-0.2, -0.15) is 0 Å². The van der Waals surface area contributed by atoms with Gasteiger partial charge in [0.05, 0.1) is 5.52 Å². The molecule has 1 aromatic heterocycles. The number of aryl methyl sites for hydroxylation is 1. The largest absolute Gasteiger partial charge is 0.397 e. The Morgan fingerprint density at radius 2 is 1.76 bits per heavy atom. The van der Waals surface area contributed by atoms with E-state index >= 15 is 0 Å². The second-order valence-corrected chi connectivity index (χ2v) is 8.32.